The molecule has 2 aliphatic rings. The minimum atomic E-state index is -0.776. The molecule has 0 radical (unpaired) electrons. The molecule has 2 saturated carbocycles. The van der Waals surface area contributed by atoms with E-state index < -0.39 is 5.60 Å². The topological polar surface area (TPSA) is 49.3 Å². The standard InChI is InChI=1S/C23H35NO2/c1-16-9-6-7-10-17(16)24-20(25)15-19-22(4)13-8-12-21(2,3)18(22)11-14-23(19,5)26/h6-7,9-10,18-19,26H,8,11-15H2,1-5H3,(H,24,25)/t18-,19+,22-,23+/m0/s1. The van der Waals surface area contributed by atoms with E-state index in [4.69, 9.17) is 0 Å². The third-order valence-corrected chi connectivity index (χ3v) is 7.57. The van der Waals surface area contributed by atoms with E-state index >= 15 is 0 Å². The number of nitrogens with one attached hydrogen (secondary N) is 1. The molecule has 26 heavy (non-hydrogen) atoms. The Balaban J connectivity index is 1.83. The SMILES string of the molecule is Cc1ccccc1NC(=O)C[C@@H]1[C@@]2(C)CCCC(C)(C)[C@@H]2CC[C@@]1(C)O. The van der Waals surface area contributed by atoms with Crippen LogP contribution in [0, 0.1) is 29.6 Å². The lowest BCUT2D eigenvalue weighted by atomic mass is 9.45. The summed E-state index contributed by atoms with van der Waals surface area (Å²) < 4.78 is 0. The van der Waals surface area contributed by atoms with Crippen molar-refractivity contribution in [2.24, 2.45) is 22.7 Å². The molecule has 144 valence electrons. The lowest BCUT2D eigenvalue weighted by molar-refractivity contribution is -0.171. The number of carbonyl (C=O) groups is 1. The van der Waals surface area contributed by atoms with Crippen LogP contribution in [0.25, 0.3) is 0 Å². The first-order chi connectivity index (χ1) is 12.1. The summed E-state index contributed by atoms with van der Waals surface area (Å²) in [4.78, 5) is 12.9. The Labute approximate surface area is 158 Å². The monoisotopic (exact) mass is 357 g/mol. The predicted octanol–water partition coefficient (Wildman–Crippen LogP) is 5.32. The van der Waals surface area contributed by atoms with Gasteiger partial charge in [0.1, 0.15) is 0 Å². The van der Waals surface area contributed by atoms with Gasteiger partial charge in [-0.2, -0.15) is 0 Å². The van der Waals surface area contributed by atoms with Crippen LogP contribution >= 0.6 is 0 Å². The Bertz CT molecular complexity index is 679. The minimum Gasteiger partial charge on any atom is -0.390 e. The van der Waals surface area contributed by atoms with Gasteiger partial charge in [0, 0.05) is 18.0 Å². The molecular formula is C23H35NO2. The van der Waals surface area contributed by atoms with Crippen molar-refractivity contribution >= 4 is 11.6 Å². The van der Waals surface area contributed by atoms with Gasteiger partial charge in [0.05, 0.1) is 5.60 Å². The second-order valence-corrected chi connectivity index (χ2v) is 9.92. The summed E-state index contributed by atoms with van der Waals surface area (Å²) >= 11 is 0. The predicted molar refractivity (Wildman–Crippen MR) is 107 cm³/mol. The van der Waals surface area contributed by atoms with E-state index in [1.54, 1.807) is 0 Å². The summed E-state index contributed by atoms with van der Waals surface area (Å²) in [5, 5.41) is 14.3. The van der Waals surface area contributed by atoms with E-state index in [1.807, 2.05) is 38.1 Å². The highest BCUT2D eigenvalue weighted by Gasteiger charge is 2.58. The fraction of sp³-hybridized carbons (Fsp3) is 0.696. The molecule has 3 rings (SSSR count). The Morgan fingerprint density at radius 2 is 1.85 bits per heavy atom. The molecule has 0 aliphatic heterocycles. The number of fused-ring (bicyclic) bond motifs is 1. The molecular weight excluding hydrogens is 322 g/mol. The van der Waals surface area contributed by atoms with E-state index in [0.717, 1.165) is 30.5 Å². The molecule has 3 nitrogen and oxygen atoms in total. The molecule has 0 saturated heterocycles. The van der Waals surface area contributed by atoms with Gasteiger partial charge >= 0.3 is 0 Å². The van der Waals surface area contributed by atoms with Crippen LogP contribution in [0.15, 0.2) is 24.3 Å². The van der Waals surface area contributed by atoms with E-state index in [9.17, 15) is 9.90 Å². The molecule has 0 spiro atoms. The van der Waals surface area contributed by atoms with E-state index in [1.165, 1.54) is 12.8 Å². The lowest BCUT2D eigenvalue weighted by Gasteiger charge is -2.61. The zero-order valence-electron chi connectivity index (χ0n) is 17.1. The van der Waals surface area contributed by atoms with Gasteiger partial charge in [0.25, 0.3) is 0 Å². The number of rotatable bonds is 3. The van der Waals surface area contributed by atoms with Crippen molar-refractivity contribution in [2.45, 2.75) is 78.7 Å². The molecule has 2 aliphatic carbocycles. The average molecular weight is 358 g/mol. The molecule has 2 fully saturated rings. The maximum Gasteiger partial charge on any atom is 0.224 e. The van der Waals surface area contributed by atoms with Crippen LogP contribution in [-0.4, -0.2) is 16.6 Å². The normalized spacial score (nSPS) is 36.2. The molecule has 0 bridgehead atoms. The van der Waals surface area contributed by atoms with E-state index in [-0.39, 0.29) is 22.7 Å². The lowest BCUT2D eigenvalue weighted by Crippen LogP contribution is -2.58. The number of amides is 1. The van der Waals surface area contributed by atoms with Crippen LogP contribution in [0.5, 0.6) is 0 Å². The molecule has 1 aromatic carbocycles. The number of aliphatic hydroxyl groups is 1. The summed E-state index contributed by atoms with van der Waals surface area (Å²) in [6.07, 6.45) is 5.79. The van der Waals surface area contributed by atoms with Crippen LogP contribution < -0.4 is 5.32 Å². The number of aryl methyl sites for hydroxylation is 1. The van der Waals surface area contributed by atoms with Gasteiger partial charge < -0.3 is 10.4 Å². The van der Waals surface area contributed by atoms with Crippen LogP contribution in [0.3, 0.4) is 0 Å². The molecule has 0 heterocycles. The minimum absolute atomic E-state index is 0.00246. The van der Waals surface area contributed by atoms with Crippen molar-refractivity contribution < 1.29 is 9.90 Å². The highest BCUT2D eigenvalue weighted by molar-refractivity contribution is 5.91. The number of carbonyl (C=O) groups excluding carboxylic acids is 1. The molecule has 1 amide bonds. The summed E-state index contributed by atoms with van der Waals surface area (Å²) in [7, 11) is 0. The van der Waals surface area contributed by atoms with Crippen LogP contribution in [0.1, 0.15) is 71.8 Å². The molecule has 0 aromatic heterocycles. The third kappa shape index (κ3) is 3.43. The summed E-state index contributed by atoms with van der Waals surface area (Å²) in [5.74, 6) is 0.590. The van der Waals surface area contributed by atoms with Gasteiger partial charge in [-0.15, -0.1) is 0 Å². The smallest absolute Gasteiger partial charge is 0.224 e. The number of benzene rings is 1. The number of para-hydroxylation sites is 1. The maximum atomic E-state index is 12.9. The fourth-order valence-corrected chi connectivity index (χ4v) is 6.18. The van der Waals surface area contributed by atoms with Crippen LogP contribution in [-0.2, 0) is 4.79 Å². The summed E-state index contributed by atoms with van der Waals surface area (Å²) in [6, 6.07) is 7.88. The number of hydrogen-bond donors (Lipinski definition) is 2. The Hall–Kier alpha value is -1.35. The van der Waals surface area contributed by atoms with Gasteiger partial charge in [-0.25, -0.2) is 0 Å². The van der Waals surface area contributed by atoms with Crippen molar-refractivity contribution in [1.82, 2.24) is 0 Å². The van der Waals surface area contributed by atoms with Crippen molar-refractivity contribution in [3.8, 4) is 0 Å². The largest absolute Gasteiger partial charge is 0.390 e. The molecule has 2 N–H and O–H groups in total. The average Bonchev–Trinajstić information content (AvgIpc) is 2.52. The molecule has 3 heteroatoms. The summed E-state index contributed by atoms with van der Waals surface area (Å²) in [5.41, 5.74) is 1.47. The maximum absolute atomic E-state index is 12.9. The van der Waals surface area contributed by atoms with Crippen molar-refractivity contribution in [3.05, 3.63) is 29.8 Å². The molecule has 4 atom stereocenters. The Kier molecular flexibility index (Phi) is 4.98. The first-order valence-electron chi connectivity index (χ1n) is 10.1. The first kappa shape index (κ1) is 19.4. The second kappa shape index (κ2) is 6.67. The van der Waals surface area contributed by atoms with Gasteiger partial charge in [-0.1, -0.05) is 45.4 Å². The highest BCUT2D eigenvalue weighted by Crippen LogP contribution is 2.62. The third-order valence-electron chi connectivity index (χ3n) is 7.57. The van der Waals surface area contributed by atoms with E-state index in [0.29, 0.717) is 12.3 Å². The number of hydrogen-bond acceptors (Lipinski definition) is 2. The first-order valence-corrected chi connectivity index (χ1v) is 10.1. The summed E-state index contributed by atoms with van der Waals surface area (Å²) in [6.45, 7) is 11.0. The Morgan fingerprint density at radius 3 is 2.54 bits per heavy atom. The van der Waals surface area contributed by atoms with Crippen molar-refractivity contribution in [2.75, 3.05) is 5.32 Å². The van der Waals surface area contributed by atoms with E-state index in [2.05, 4.69) is 26.1 Å². The van der Waals surface area contributed by atoms with Gasteiger partial charge in [0.15, 0.2) is 0 Å². The number of anilines is 1. The van der Waals surface area contributed by atoms with Crippen LogP contribution in [0.4, 0.5) is 5.69 Å². The zero-order chi connectivity index (χ0) is 19.2. The fourth-order valence-electron chi connectivity index (χ4n) is 6.18. The van der Waals surface area contributed by atoms with Crippen molar-refractivity contribution in [3.63, 3.8) is 0 Å². The quantitative estimate of drug-likeness (QED) is 0.769. The van der Waals surface area contributed by atoms with Gasteiger partial charge in [-0.3, -0.25) is 4.79 Å². The van der Waals surface area contributed by atoms with Gasteiger partial charge in [0.2, 0.25) is 5.91 Å². The highest BCUT2D eigenvalue weighted by atomic mass is 16.3. The molecule has 0 unspecified atom stereocenters. The van der Waals surface area contributed by atoms with Crippen molar-refractivity contribution in [1.29, 1.82) is 0 Å². The Morgan fingerprint density at radius 1 is 1.15 bits per heavy atom. The van der Waals surface area contributed by atoms with Gasteiger partial charge in [-0.05, 0) is 67.9 Å². The second-order valence-electron chi connectivity index (χ2n) is 9.92. The molecule has 1 aromatic rings. The van der Waals surface area contributed by atoms with Crippen LogP contribution in [0.2, 0.25) is 0 Å². The zero-order valence-corrected chi connectivity index (χ0v) is 17.1.